The number of rotatable bonds is 5. The van der Waals surface area contributed by atoms with Crippen LogP contribution in [-0.2, 0) is 15.7 Å². The van der Waals surface area contributed by atoms with Crippen LogP contribution >= 0.6 is 0 Å². The van der Waals surface area contributed by atoms with Crippen molar-refractivity contribution >= 4 is 5.91 Å². The molecule has 1 aliphatic heterocycles. The van der Waals surface area contributed by atoms with E-state index in [1.54, 1.807) is 13.2 Å². The number of aromatic nitrogens is 2. The number of nitrogens with zero attached hydrogens (tertiary/aromatic N) is 2. The standard InChI is InChI=1S/C17H18F3N3O4/c1-25-16(5-7-26-8-6-16)10-21-14(24)12-4-2-3-11(9-12)13-22-15(27-23-13)17(18,19)20/h2-4,9H,5-8,10H2,1H3,(H,21,24). The monoisotopic (exact) mass is 385 g/mol. The molecule has 1 aromatic carbocycles. The lowest BCUT2D eigenvalue weighted by atomic mass is 9.94. The lowest BCUT2D eigenvalue weighted by molar-refractivity contribution is -0.159. The maximum atomic E-state index is 12.6. The summed E-state index contributed by atoms with van der Waals surface area (Å²) in [5, 5.41) is 6.13. The van der Waals surface area contributed by atoms with Crippen LogP contribution in [0, 0.1) is 0 Å². The van der Waals surface area contributed by atoms with Crippen molar-refractivity contribution in [3.63, 3.8) is 0 Å². The summed E-state index contributed by atoms with van der Waals surface area (Å²) in [7, 11) is 1.59. The number of hydrogen-bond acceptors (Lipinski definition) is 6. The van der Waals surface area contributed by atoms with Crippen LogP contribution < -0.4 is 5.32 Å². The van der Waals surface area contributed by atoms with Crippen LogP contribution in [0.25, 0.3) is 11.4 Å². The first-order valence-electron chi connectivity index (χ1n) is 8.25. The van der Waals surface area contributed by atoms with Crippen LogP contribution in [-0.4, -0.2) is 48.5 Å². The fourth-order valence-corrected chi connectivity index (χ4v) is 2.80. The summed E-state index contributed by atoms with van der Waals surface area (Å²) in [5.74, 6) is -2.05. The SMILES string of the molecule is COC1(CNC(=O)c2cccc(-c3noc(C(F)(F)F)n3)c2)CCOCC1. The molecule has 7 nitrogen and oxygen atoms in total. The summed E-state index contributed by atoms with van der Waals surface area (Å²) >= 11 is 0. The molecule has 0 unspecified atom stereocenters. The van der Waals surface area contributed by atoms with Gasteiger partial charge in [0.1, 0.15) is 0 Å². The van der Waals surface area contributed by atoms with E-state index >= 15 is 0 Å². The zero-order valence-electron chi connectivity index (χ0n) is 14.5. The van der Waals surface area contributed by atoms with Crippen molar-refractivity contribution in [3.8, 4) is 11.4 Å². The van der Waals surface area contributed by atoms with Crippen LogP contribution in [0.2, 0.25) is 0 Å². The lowest BCUT2D eigenvalue weighted by Gasteiger charge is -2.35. The molecule has 10 heteroatoms. The molecule has 0 radical (unpaired) electrons. The fraction of sp³-hybridized carbons (Fsp3) is 0.471. The number of halogens is 3. The molecule has 1 amide bonds. The average Bonchev–Trinajstić information content (AvgIpc) is 3.18. The Balaban J connectivity index is 1.71. The van der Waals surface area contributed by atoms with Gasteiger partial charge in [-0.05, 0) is 12.1 Å². The largest absolute Gasteiger partial charge is 0.471 e. The Hall–Kier alpha value is -2.46. The molecular weight excluding hydrogens is 367 g/mol. The molecule has 1 fully saturated rings. The van der Waals surface area contributed by atoms with Gasteiger partial charge in [-0.2, -0.15) is 18.2 Å². The number of methoxy groups -OCH3 is 1. The highest BCUT2D eigenvalue weighted by Crippen LogP contribution is 2.29. The molecule has 27 heavy (non-hydrogen) atoms. The van der Waals surface area contributed by atoms with E-state index in [1.807, 2.05) is 0 Å². The first-order valence-corrected chi connectivity index (χ1v) is 8.25. The first-order chi connectivity index (χ1) is 12.8. The summed E-state index contributed by atoms with van der Waals surface area (Å²) in [6, 6.07) is 5.99. The van der Waals surface area contributed by atoms with Crippen LogP contribution in [0.1, 0.15) is 29.1 Å². The van der Waals surface area contributed by atoms with Gasteiger partial charge in [0.05, 0.1) is 5.60 Å². The van der Waals surface area contributed by atoms with E-state index in [-0.39, 0.29) is 22.9 Å². The molecule has 146 valence electrons. The van der Waals surface area contributed by atoms with Crippen LogP contribution in [0.3, 0.4) is 0 Å². The normalized spacial score (nSPS) is 16.9. The van der Waals surface area contributed by atoms with E-state index in [4.69, 9.17) is 9.47 Å². The van der Waals surface area contributed by atoms with E-state index in [2.05, 4.69) is 20.0 Å². The minimum Gasteiger partial charge on any atom is -0.381 e. The Labute approximate surface area is 152 Å². The number of carbonyl (C=O) groups is 1. The summed E-state index contributed by atoms with van der Waals surface area (Å²) < 4.78 is 52.9. The van der Waals surface area contributed by atoms with Gasteiger partial charge in [0.15, 0.2) is 0 Å². The minimum absolute atomic E-state index is 0.241. The number of benzene rings is 1. The summed E-state index contributed by atoms with van der Waals surface area (Å²) in [5.41, 5.74) is 0.0273. The molecule has 0 bridgehead atoms. The molecule has 3 rings (SSSR count). The van der Waals surface area contributed by atoms with Gasteiger partial charge in [0.25, 0.3) is 5.91 Å². The first kappa shape index (κ1) is 19.3. The molecule has 1 saturated heterocycles. The topological polar surface area (TPSA) is 86.5 Å². The molecule has 0 atom stereocenters. The Morgan fingerprint density at radius 1 is 1.33 bits per heavy atom. The van der Waals surface area contributed by atoms with Gasteiger partial charge in [-0.25, -0.2) is 0 Å². The van der Waals surface area contributed by atoms with Gasteiger partial charge in [-0.3, -0.25) is 4.79 Å². The number of amides is 1. The van der Waals surface area contributed by atoms with E-state index in [0.29, 0.717) is 32.6 Å². The second kappa shape index (κ2) is 7.65. The highest BCUT2D eigenvalue weighted by molar-refractivity contribution is 5.95. The predicted octanol–water partition coefficient (Wildman–Crippen LogP) is 2.68. The molecule has 2 heterocycles. The molecule has 0 saturated carbocycles. The van der Waals surface area contributed by atoms with Gasteiger partial charge in [-0.1, -0.05) is 17.3 Å². The second-order valence-corrected chi connectivity index (χ2v) is 6.18. The van der Waals surface area contributed by atoms with E-state index in [0.717, 1.165) is 0 Å². The van der Waals surface area contributed by atoms with Crippen molar-refractivity contribution in [3.05, 3.63) is 35.7 Å². The van der Waals surface area contributed by atoms with Crippen molar-refractivity contribution in [1.82, 2.24) is 15.5 Å². The maximum absolute atomic E-state index is 12.6. The number of alkyl halides is 3. The minimum atomic E-state index is -4.72. The Morgan fingerprint density at radius 2 is 2.07 bits per heavy atom. The average molecular weight is 385 g/mol. The Kier molecular flexibility index (Phi) is 5.47. The molecule has 2 aromatic rings. The van der Waals surface area contributed by atoms with E-state index in [9.17, 15) is 18.0 Å². The summed E-state index contributed by atoms with van der Waals surface area (Å²) in [6.07, 6.45) is -3.40. The molecule has 0 spiro atoms. The third-order valence-corrected chi connectivity index (χ3v) is 4.46. The van der Waals surface area contributed by atoms with Gasteiger partial charge < -0.3 is 19.3 Å². The highest BCUT2D eigenvalue weighted by atomic mass is 19.4. The van der Waals surface area contributed by atoms with Crippen molar-refractivity contribution in [2.75, 3.05) is 26.9 Å². The van der Waals surface area contributed by atoms with Crippen LogP contribution in [0.4, 0.5) is 13.2 Å². The quantitative estimate of drug-likeness (QED) is 0.852. The van der Waals surface area contributed by atoms with Crippen LogP contribution in [0.5, 0.6) is 0 Å². The number of ether oxygens (including phenoxy) is 2. The number of carbonyl (C=O) groups excluding carboxylic acids is 1. The summed E-state index contributed by atoms with van der Waals surface area (Å²) in [4.78, 5) is 15.8. The third-order valence-electron chi connectivity index (χ3n) is 4.46. The summed E-state index contributed by atoms with van der Waals surface area (Å²) in [6.45, 7) is 1.41. The van der Waals surface area contributed by atoms with Gasteiger partial charge in [0.2, 0.25) is 5.82 Å². The number of nitrogens with one attached hydrogen (secondary N) is 1. The van der Waals surface area contributed by atoms with Crippen molar-refractivity contribution in [2.24, 2.45) is 0 Å². The van der Waals surface area contributed by atoms with E-state index < -0.39 is 17.7 Å². The van der Waals surface area contributed by atoms with E-state index in [1.165, 1.54) is 18.2 Å². The molecule has 1 aliphatic rings. The van der Waals surface area contributed by atoms with Gasteiger partial charge in [0, 0.05) is 50.8 Å². The van der Waals surface area contributed by atoms with Crippen molar-refractivity contribution in [1.29, 1.82) is 0 Å². The van der Waals surface area contributed by atoms with Crippen molar-refractivity contribution < 1.29 is 32.0 Å². The maximum Gasteiger partial charge on any atom is 0.471 e. The second-order valence-electron chi connectivity index (χ2n) is 6.18. The smallest absolute Gasteiger partial charge is 0.381 e. The van der Waals surface area contributed by atoms with Crippen LogP contribution in [0.15, 0.2) is 28.8 Å². The molecule has 0 aliphatic carbocycles. The fourth-order valence-electron chi connectivity index (χ4n) is 2.80. The van der Waals surface area contributed by atoms with Gasteiger partial charge >= 0.3 is 12.1 Å². The zero-order valence-corrected chi connectivity index (χ0v) is 14.5. The molecule has 1 aromatic heterocycles. The lowest BCUT2D eigenvalue weighted by Crippen LogP contribution is -2.48. The Bertz CT molecular complexity index is 801. The number of hydrogen-bond donors (Lipinski definition) is 1. The highest BCUT2D eigenvalue weighted by Gasteiger charge is 2.38. The van der Waals surface area contributed by atoms with Crippen molar-refractivity contribution in [2.45, 2.75) is 24.6 Å². The zero-order chi connectivity index (χ0) is 19.5. The third kappa shape index (κ3) is 4.45. The van der Waals surface area contributed by atoms with Gasteiger partial charge in [-0.15, -0.1) is 0 Å². The Morgan fingerprint density at radius 3 is 2.70 bits per heavy atom. The molecular formula is C17H18F3N3O4. The predicted molar refractivity (Wildman–Crippen MR) is 86.9 cm³/mol. The molecule has 1 N–H and O–H groups in total.